The third kappa shape index (κ3) is 4.83. The van der Waals surface area contributed by atoms with Crippen LogP contribution in [0.1, 0.15) is 25.0 Å². The fourth-order valence-corrected chi connectivity index (χ4v) is 2.37. The molecule has 2 aromatic rings. The van der Waals surface area contributed by atoms with Crippen LogP contribution in [0.4, 0.5) is 4.39 Å². The Bertz CT molecular complexity index is 562. The van der Waals surface area contributed by atoms with Gasteiger partial charge in [-0.3, -0.25) is 0 Å². The van der Waals surface area contributed by atoms with Gasteiger partial charge in [-0.05, 0) is 36.7 Å². The predicted molar refractivity (Wildman–Crippen MR) is 87.1 cm³/mol. The molecule has 2 rings (SSSR count). The highest BCUT2D eigenvalue weighted by Crippen LogP contribution is 2.27. The first-order valence-corrected chi connectivity index (χ1v) is 7.87. The molecule has 0 aromatic heterocycles. The van der Waals surface area contributed by atoms with Crippen molar-refractivity contribution in [1.82, 2.24) is 5.32 Å². The van der Waals surface area contributed by atoms with Gasteiger partial charge in [0.05, 0.1) is 0 Å². The molecule has 112 valence electrons. The molecule has 0 amide bonds. The minimum Gasteiger partial charge on any atom is -0.481 e. The van der Waals surface area contributed by atoms with Crippen LogP contribution in [0.2, 0.25) is 0 Å². The topological polar surface area (TPSA) is 21.3 Å². The van der Waals surface area contributed by atoms with Gasteiger partial charge in [0.15, 0.2) is 11.6 Å². The van der Waals surface area contributed by atoms with Crippen LogP contribution in [0, 0.1) is 5.82 Å². The van der Waals surface area contributed by atoms with Crippen molar-refractivity contribution in [2.75, 3.05) is 13.1 Å². The molecule has 2 aromatic carbocycles. The zero-order valence-corrected chi connectivity index (χ0v) is 13.6. The number of nitrogens with one attached hydrogen (secondary N) is 1. The first kappa shape index (κ1) is 16.0. The van der Waals surface area contributed by atoms with Crippen LogP contribution in [0.5, 0.6) is 5.75 Å². The fourth-order valence-electron chi connectivity index (χ4n) is 2.03. The van der Waals surface area contributed by atoms with Gasteiger partial charge in [-0.15, -0.1) is 0 Å². The molecule has 0 saturated heterocycles. The molecule has 0 bridgehead atoms. The van der Waals surface area contributed by atoms with Gasteiger partial charge in [0.25, 0.3) is 0 Å². The van der Waals surface area contributed by atoms with Crippen molar-refractivity contribution in [1.29, 1.82) is 0 Å². The van der Waals surface area contributed by atoms with Crippen LogP contribution in [-0.2, 0) is 0 Å². The highest BCUT2D eigenvalue weighted by Gasteiger charge is 2.15. The molecule has 2 nitrogen and oxygen atoms in total. The first-order chi connectivity index (χ1) is 10.2. The van der Waals surface area contributed by atoms with Crippen molar-refractivity contribution in [2.45, 2.75) is 19.4 Å². The second kappa shape index (κ2) is 8.15. The van der Waals surface area contributed by atoms with Crippen LogP contribution in [0.3, 0.4) is 0 Å². The third-order valence-electron chi connectivity index (χ3n) is 3.09. The molecule has 1 atom stereocenters. The lowest BCUT2D eigenvalue weighted by Crippen LogP contribution is -2.26. The van der Waals surface area contributed by atoms with Crippen molar-refractivity contribution < 1.29 is 9.13 Å². The van der Waals surface area contributed by atoms with Gasteiger partial charge in [-0.1, -0.05) is 53.2 Å². The van der Waals surface area contributed by atoms with Crippen molar-refractivity contribution in [3.63, 3.8) is 0 Å². The van der Waals surface area contributed by atoms with Crippen molar-refractivity contribution >= 4 is 15.9 Å². The van der Waals surface area contributed by atoms with E-state index in [0.717, 1.165) is 23.0 Å². The molecule has 0 aliphatic heterocycles. The Morgan fingerprint density at radius 2 is 1.95 bits per heavy atom. The lowest BCUT2D eigenvalue weighted by molar-refractivity contribution is 0.193. The number of benzene rings is 2. The molecule has 0 heterocycles. The molecular formula is C17H19BrFNO. The van der Waals surface area contributed by atoms with E-state index in [-0.39, 0.29) is 17.7 Å². The second-order valence-corrected chi connectivity index (χ2v) is 5.71. The van der Waals surface area contributed by atoms with Crippen molar-refractivity contribution in [2.24, 2.45) is 0 Å². The summed E-state index contributed by atoms with van der Waals surface area (Å²) in [4.78, 5) is 0. The van der Waals surface area contributed by atoms with Crippen molar-refractivity contribution in [3.05, 3.63) is 64.4 Å². The van der Waals surface area contributed by atoms with Gasteiger partial charge in [-0.2, -0.15) is 0 Å². The average Bonchev–Trinajstić information content (AvgIpc) is 2.51. The molecule has 21 heavy (non-hydrogen) atoms. The molecule has 0 fully saturated rings. The van der Waals surface area contributed by atoms with E-state index in [1.165, 1.54) is 6.07 Å². The summed E-state index contributed by atoms with van der Waals surface area (Å²) in [7, 11) is 0. The number of hydrogen-bond donors (Lipinski definition) is 1. The summed E-state index contributed by atoms with van der Waals surface area (Å²) in [6, 6.07) is 14.6. The van der Waals surface area contributed by atoms with E-state index >= 15 is 0 Å². The number of ether oxygens (including phenoxy) is 1. The van der Waals surface area contributed by atoms with Gasteiger partial charge in [0.1, 0.15) is 6.10 Å². The molecule has 1 N–H and O–H groups in total. The maximum absolute atomic E-state index is 13.9. The van der Waals surface area contributed by atoms with Crippen LogP contribution >= 0.6 is 15.9 Å². The molecule has 4 heteroatoms. The molecule has 0 aliphatic carbocycles. The molecule has 0 aliphatic rings. The van der Waals surface area contributed by atoms with Gasteiger partial charge in [-0.25, -0.2) is 4.39 Å². The summed E-state index contributed by atoms with van der Waals surface area (Å²) in [6.07, 6.45) is 0.828. The van der Waals surface area contributed by atoms with E-state index < -0.39 is 0 Å². The SMILES string of the molecule is CCCNCC(Oc1cc(Br)ccc1F)c1ccccc1. The maximum atomic E-state index is 13.9. The Morgan fingerprint density at radius 1 is 1.19 bits per heavy atom. The average molecular weight is 352 g/mol. The Balaban J connectivity index is 2.17. The summed E-state index contributed by atoms with van der Waals surface area (Å²) >= 11 is 3.34. The Kier molecular flexibility index (Phi) is 6.21. The normalized spacial score (nSPS) is 12.1. The van der Waals surface area contributed by atoms with Gasteiger partial charge < -0.3 is 10.1 Å². The lowest BCUT2D eigenvalue weighted by atomic mass is 10.1. The smallest absolute Gasteiger partial charge is 0.165 e. The Hall–Kier alpha value is -1.39. The third-order valence-corrected chi connectivity index (χ3v) is 3.58. The maximum Gasteiger partial charge on any atom is 0.165 e. The fraction of sp³-hybridized carbons (Fsp3) is 0.294. The predicted octanol–water partition coefficient (Wildman–Crippen LogP) is 4.71. The molecule has 0 radical (unpaired) electrons. The van der Waals surface area contributed by atoms with Crippen molar-refractivity contribution in [3.8, 4) is 5.75 Å². The highest BCUT2D eigenvalue weighted by molar-refractivity contribution is 9.10. The monoisotopic (exact) mass is 351 g/mol. The summed E-state index contributed by atoms with van der Waals surface area (Å²) in [5.41, 5.74) is 1.03. The first-order valence-electron chi connectivity index (χ1n) is 7.08. The van der Waals surface area contributed by atoms with Crippen LogP contribution in [0.25, 0.3) is 0 Å². The zero-order valence-electron chi connectivity index (χ0n) is 12.0. The summed E-state index contributed by atoms with van der Waals surface area (Å²) < 4.78 is 20.6. The van der Waals surface area contributed by atoms with E-state index in [1.807, 2.05) is 30.3 Å². The van der Waals surface area contributed by atoms with E-state index in [4.69, 9.17) is 4.74 Å². The van der Waals surface area contributed by atoms with Crippen LogP contribution in [0.15, 0.2) is 53.0 Å². The van der Waals surface area contributed by atoms with E-state index in [2.05, 4.69) is 28.2 Å². The number of hydrogen-bond acceptors (Lipinski definition) is 2. The minimum absolute atomic E-state index is 0.221. The van der Waals surface area contributed by atoms with E-state index in [9.17, 15) is 4.39 Å². The summed E-state index contributed by atoms with van der Waals surface area (Å²) in [5, 5.41) is 3.33. The van der Waals surface area contributed by atoms with Gasteiger partial charge in [0.2, 0.25) is 0 Å². The van der Waals surface area contributed by atoms with Gasteiger partial charge >= 0.3 is 0 Å². The van der Waals surface area contributed by atoms with E-state index in [0.29, 0.717) is 6.54 Å². The standard InChI is InChI=1S/C17H19BrFNO/c1-2-10-20-12-17(13-6-4-3-5-7-13)21-16-11-14(18)8-9-15(16)19/h3-9,11,17,20H,2,10,12H2,1H3. The van der Waals surface area contributed by atoms with Crippen LogP contribution < -0.4 is 10.1 Å². The lowest BCUT2D eigenvalue weighted by Gasteiger charge is -2.20. The minimum atomic E-state index is -0.352. The van der Waals surface area contributed by atoms with Crippen LogP contribution in [-0.4, -0.2) is 13.1 Å². The number of halogens is 2. The summed E-state index contributed by atoms with van der Waals surface area (Å²) in [6.45, 7) is 3.66. The Morgan fingerprint density at radius 3 is 2.67 bits per heavy atom. The quantitative estimate of drug-likeness (QED) is 0.729. The molecule has 0 saturated carbocycles. The molecule has 0 spiro atoms. The summed E-state index contributed by atoms with van der Waals surface area (Å²) in [5.74, 6) is -0.0915. The number of rotatable bonds is 7. The second-order valence-electron chi connectivity index (χ2n) is 4.80. The largest absolute Gasteiger partial charge is 0.481 e. The Labute approximate surface area is 133 Å². The molecule has 1 unspecified atom stereocenters. The molecular weight excluding hydrogens is 333 g/mol. The van der Waals surface area contributed by atoms with E-state index in [1.54, 1.807) is 12.1 Å². The zero-order chi connectivity index (χ0) is 15.1. The van der Waals surface area contributed by atoms with Gasteiger partial charge in [0, 0.05) is 11.0 Å². The highest BCUT2D eigenvalue weighted by atomic mass is 79.9.